The highest BCUT2D eigenvalue weighted by atomic mass is 16.2. The maximum Gasteiger partial charge on any atom is 0.253 e. The van der Waals surface area contributed by atoms with E-state index in [1.54, 1.807) is 13.8 Å². The second-order valence-corrected chi connectivity index (χ2v) is 6.33. The molecular formula is C16H24N4O3. The van der Waals surface area contributed by atoms with E-state index in [0.29, 0.717) is 35.3 Å². The number of aldehydes is 1. The summed E-state index contributed by atoms with van der Waals surface area (Å²) in [5.74, 6) is -0.584. The van der Waals surface area contributed by atoms with E-state index in [0.717, 1.165) is 19.4 Å². The molecule has 0 radical (unpaired) electrons. The molecule has 1 atom stereocenters. The molecule has 0 aliphatic carbocycles. The summed E-state index contributed by atoms with van der Waals surface area (Å²) in [6.45, 7) is 6.92. The Kier molecular flexibility index (Phi) is 5.20. The number of hydrogen-bond donors (Lipinski definition) is 4. The van der Waals surface area contributed by atoms with Crippen LogP contribution in [0.5, 0.6) is 0 Å². The van der Waals surface area contributed by atoms with Crippen molar-refractivity contribution in [2.24, 2.45) is 0 Å². The molecule has 7 nitrogen and oxygen atoms in total. The van der Waals surface area contributed by atoms with Crippen LogP contribution in [0, 0.1) is 13.8 Å². The SMILES string of the molecule is Cc1[nH]c(C=O)c(C)c1C(=O)NCC(=O)NCC1(C)CCCN1. The van der Waals surface area contributed by atoms with Gasteiger partial charge in [0.15, 0.2) is 6.29 Å². The van der Waals surface area contributed by atoms with Crippen molar-refractivity contribution < 1.29 is 14.4 Å². The average molecular weight is 320 g/mol. The predicted octanol–water partition coefficient (Wildman–Crippen LogP) is 0.432. The first-order valence-electron chi connectivity index (χ1n) is 7.80. The van der Waals surface area contributed by atoms with Crippen molar-refractivity contribution in [2.75, 3.05) is 19.6 Å². The van der Waals surface area contributed by atoms with Crippen molar-refractivity contribution in [3.05, 3.63) is 22.5 Å². The molecule has 1 aromatic heterocycles. The lowest BCUT2D eigenvalue weighted by Crippen LogP contribution is -2.49. The molecule has 23 heavy (non-hydrogen) atoms. The fourth-order valence-corrected chi connectivity index (χ4v) is 2.95. The molecule has 2 rings (SSSR count). The average Bonchev–Trinajstić information content (AvgIpc) is 3.07. The van der Waals surface area contributed by atoms with E-state index >= 15 is 0 Å². The highest BCUT2D eigenvalue weighted by molar-refractivity contribution is 6.00. The third-order valence-corrected chi connectivity index (χ3v) is 4.36. The number of rotatable bonds is 6. The molecule has 1 aliphatic rings. The van der Waals surface area contributed by atoms with Crippen molar-refractivity contribution >= 4 is 18.1 Å². The Morgan fingerprint density at radius 2 is 2.04 bits per heavy atom. The molecule has 1 saturated heterocycles. The fourth-order valence-electron chi connectivity index (χ4n) is 2.95. The first kappa shape index (κ1) is 17.2. The molecule has 2 amide bonds. The number of carbonyl (C=O) groups is 3. The third kappa shape index (κ3) is 3.98. The molecule has 1 aromatic rings. The Balaban J connectivity index is 1.85. The van der Waals surface area contributed by atoms with Gasteiger partial charge in [0.05, 0.1) is 17.8 Å². The molecule has 2 heterocycles. The van der Waals surface area contributed by atoms with Gasteiger partial charge >= 0.3 is 0 Å². The van der Waals surface area contributed by atoms with Crippen LogP contribution >= 0.6 is 0 Å². The Hall–Kier alpha value is -2.15. The molecule has 126 valence electrons. The second-order valence-electron chi connectivity index (χ2n) is 6.33. The Morgan fingerprint density at radius 3 is 2.61 bits per heavy atom. The lowest BCUT2D eigenvalue weighted by molar-refractivity contribution is -0.120. The maximum atomic E-state index is 12.2. The summed E-state index contributed by atoms with van der Waals surface area (Å²) in [6, 6.07) is 0. The smallest absolute Gasteiger partial charge is 0.253 e. The Labute approximate surface area is 135 Å². The lowest BCUT2D eigenvalue weighted by atomic mass is 10.0. The number of aromatic amines is 1. The minimum absolute atomic E-state index is 0.0631. The highest BCUT2D eigenvalue weighted by Gasteiger charge is 2.28. The van der Waals surface area contributed by atoms with Crippen LogP contribution in [0.2, 0.25) is 0 Å². The first-order valence-corrected chi connectivity index (χ1v) is 7.80. The van der Waals surface area contributed by atoms with Gasteiger partial charge in [-0.2, -0.15) is 0 Å². The lowest BCUT2D eigenvalue weighted by Gasteiger charge is -2.24. The van der Waals surface area contributed by atoms with Crippen molar-refractivity contribution in [1.29, 1.82) is 0 Å². The molecule has 0 spiro atoms. The summed E-state index contributed by atoms with van der Waals surface area (Å²) in [4.78, 5) is 37.8. The predicted molar refractivity (Wildman–Crippen MR) is 86.6 cm³/mol. The van der Waals surface area contributed by atoms with Crippen molar-refractivity contribution in [3.63, 3.8) is 0 Å². The van der Waals surface area contributed by atoms with E-state index in [-0.39, 0.29) is 23.9 Å². The molecule has 1 unspecified atom stereocenters. The molecule has 1 aliphatic heterocycles. The summed E-state index contributed by atoms with van der Waals surface area (Å²) >= 11 is 0. The normalized spacial score (nSPS) is 20.3. The quantitative estimate of drug-likeness (QED) is 0.571. The molecule has 1 fully saturated rings. The molecule has 0 bridgehead atoms. The van der Waals surface area contributed by atoms with Gasteiger partial charge in [-0.1, -0.05) is 0 Å². The largest absolute Gasteiger partial charge is 0.356 e. The van der Waals surface area contributed by atoms with Gasteiger partial charge < -0.3 is 20.9 Å². The van der Waals surface area contributed by atoms with E-state index < -0.39 is 0 Å². The van der Waals surface area contributed by atoms with Gasteiger partial charge in [0.2, 0.25) is 5.91 Å². The number of hydrogen-bond acceptors (Lipinski definition) is 4. The van der Waals surface area contributed by atoms with Crippen LogP contribution in [0.15, 0.2) is 0 Å². The minimum Gasteiger partial charge on any atom is -0.356 e. The number of amides is 2. The number of nitrogens with one attached hydrogen (secondary N) is 4. The van der Waals surface area contributed by atoms with Crippen LogP contribution in [0.1, 0.15) is 51.9 Å². The van der Waals surface area contributed by atoms with E-state index in [4.69, 9.17) is 0 Å². The molecule has 4 N–H and O–H groups in total. The summed E-state index contributed by atoms with van der Waals surface area (Å²) in [5.41, 5.74) is 1.96. The van der Waals surface area contributed by atoms with Crippen molar-refractivity contribution in [2.45, 2.75) is 39.2 Å². The zero-order chi connectivity index (χ0) is 17.0. The molecular weight excluding hydrogens is 296 g/mol. The van der Waals surface area contributed by atoms with Gasteiger partial charge in [0.25, 0.3) is 5.91 Å². The van der Waals surface area contributed by atoms with Crippen LogP contribution < -0.4 is 16.0 Å². The van der Waals surface area contributed by atoms with E-state index in [9.17, 15) is 14.4 Å². The van der Waals surface area contributed by atoms with Crippen LogP contribution in [-0.4, -0.2) is 48.3 Å². The zero-order valence-corrected chi connectivity index (χ0v) is 13.8. The van der Waals surface area contributed by atoms with Crippen molar-refractivity contribution in [1.82, 2.24) is 20.9 Å². The van der Waals surface area contributed by atoms with Gasteiger partial charge in [-0.15, -0.1) is 0 Å². The van der Waals surface area contributed by atoms with E-state index in [1.807, 2.05) is 0 Å². The van der Waals surface area contributed by atoms with E-state index in [2.05, 4.69) is 27.9 Å². The standard InChI is InChI=1S/C16H24N4O3/c1-10-12(8-21)20-11(2)14(10)15(23)17-7-13(22)18-9-16(3)5-4-6-19-16/h8,19-20H,4-7,9H2,1-3H3,(H,17,23)(H,18,22). The Morgan fingerprint density at radius 1 is 1.30 bits per heavy atom. The van der Waals surface area contributed by atoms with Gasteiger partial charge in [-0.3, -0.25) is 14.4 Å². The van der Waals surface area contributed by atoms with Crippen molar-refractivity contribution in [3.8, 4) is 0 Å². The summed E-state index contributed by atoms with van der Waals surface area (Å²) < 4.78 is 0. The summed E-state index contributed by atoms with van der Waals surface area (Å²) in [7, 11) is 0. The van der Waals surface area contributed by atoms with Crippen LogP contribution in [-0.2, 0) is 4.79 Å². The van der Waals surface area contributed by atoms with Crippen LogP contribution in [0.4, 0.5) is 0 Å². The second kappa shape index (κ2) is 6.95. The van der Waals surface area contributed by atoms with Crippen LogP contribution in [0.3, 0.4) is 0 Å². The minimum atomic E-state index is -0.357. The highest BCUT2D eigenvalue weighted by Crippen LogP contribution is 2.17. The summed E-state index contributed by atoms with van der Waals surface area (Å²) in [6.07, 6.45) is 2.81. The number of aryl methyl sites for hydroxylation is 1. The van der Waals surface area contributed by atoms with Crippen LogP contribution in [0.25, 0.3) is 0 Å². The van der Waals surface area contributed by atoms with Gasteiger partial charge in [-0.05, 0) is 45.7 Å². The fraction of sp³-hybridized carbons (Fsp3) is 0.562. The molecule has 0 saturated carbocycles. The molecule has 7 heteroatoms. The number of carbonyl (C=O) groups excluding carboxylic acids is 3. The monoisotopic (exact) mass is 320 g/mol. The maximum absolute atomic E-state index is 12.2. The van der Waals surface area contributed by atoms with Gasteiger partial charge in [0.1, 0.15) is 0 Å². The topological polar surface area (TPSA) is 103 Å². The molecule has 0 aromatic carbocycles. The number of H-pyrrole nitrogens is 1. The van der Waals surface area contributed by atoms with E-state index in [1.165, 1.54) is 0 Å². The zero-order valence-electron chi connectivity index (χ0n) is 13.8. The van der Waals surface area contributed by atoms with Gasteiger partial charge in [-0.25, -0.2) is 0 Å². The van der Waals surface area contributed by atoms with Gasteiger partial charge in [0, 0.05) is 17.8 Å². The number of aromatic nitrogens is 1. The first-order chi connectivity index (χ1) is 10.9. The third-order valence-electron chi connectivity index (χ3n) is 4.36. The summed E-state index contributed by atoms with van der Waals surface area (Å²) in [5, 5.41) is 8.80. The Bertz CT molecular complexity index is 615.